The largest absolute Gasteiger partial charge is 0.330 e. The van der Waals surface area contributed by atoms with Crippen LogP contribution in [0.2, 0.25) is 0 Å². The number of nitrogens with two attached hydrogens (primary N) is 2. The van der Waals surface area contributed by atoms with E-state index in [1.807, 2.05) is 0 Å². The van der Waals surface area contributed by atoms with Gasteiger partial charge in [0, 0.05) is 0 Å². The molecule has 2 heteroatoms. The van der Waals surface area contributed by atoms with Gasteiger partial charge in [0.05, 0.1) is 0 Å². The van der Waals surface area contributed by atoms with Crippen molar-refractivity contribution in [3.05, 3.63) is 35.4 Å². The molecule has 4 N–H and O–H groups in total. The van der Waals surface area contributed by atoms with E-state index in [0.29, 0.717) is 30.8 Å². The van der Waals surface area contributed by atoms with E-state index < -0.39 is 0 Å². The molecule has 0 saturated heterocycles. The van der Waals surface area contributed by atoms with Crippen molar-refractivity contribution < 1.29 is 0 Å². The van der Waals surface area contributed by atoms with Gasteiger partial charge in [-0.05, 0) is 48.4 Å². The van der Waals surface area contributed by atoms with E-state index in [2.05, 4.69) is 45.0 Å². The summed E-state index contributed by atoms with van der Waals surface area (Å²) in [5.74, 6) is 1.45. The molecule has 96 valence electrons. The lowest BCUT2D eigenvalue weighted by molar-refractivity contribution is 0.328. The Hall–Kier alpha value is -0.860. The number of rotatable bonds is 6. The van der Waals surface area contributed by atoms with E-state index >= 15 is 0 Å². The molecule has 1 aromatic rings. The molecule has 2 atom stereocenters. The van der Waals surface area contributed by atoms with Crippen molar-refractivity contribution in [1.29, 1.82) is 0 Å². The zero-order chi connectivity index (χ0) is 12.8. The second kappa shape index (κ2) is 6.77. The third-order valence-corrected chi connectivity index (χ3v) is 4.05. The minimum atomic E-state index is 0.413. The van der Waals surface area contributed by atoms with Crippen molar-refractivity contribution in [2.24, 2.45) is 23.3 Å². The summed E-state index contributed by atoms with van der Waals surface area (Å²) in [4.78, 5) is 0. The Bertz CT molecular complexity index is 314. The summed E-state index contributed by atoms with van der Waals surface area (Å²) in [7, 11) is 0. The lowest BCUT2D eigenvalue weighted by Gasteiger charge is -2.27. The van der Waals surface area contributed by atoms with Gasteiger partial charge < -0.3 is 11.5 Å². The predicted molar refractivity (Wildman–Crippen MR) is 75.0 cm³/mol. The Morgan fingerprint density at radius 1 is 1.00 bits per heavy atom. The second-order valence-corrected chi connectivity index (χ2v) is 4.97. The summed E-state index contributed by atoms with van der Waals surface area (Å²) < 4.78 is 0. The Kier molecular flexibility index (Phi) is 5.66. The van der Waals surface area contributed by atoms with Crippen LogP contribution < -0.4 is 11.5 Å². The standard InChI is InChI=1S/C15H26N2/c1-4-13-5-7-14(8-6-13)11(2)12(3)15(9-16)10-17/h5-8,11-12,15H,4,9-10,16-17H2,1-3H3. The fraction of sp³-hybridized carbons (Fsp3) is 0.600. The molecule has 0 aliphatic carbocycles. The van der Waals surface area contributed by atoms with E-state index in [9.17, 15) is 0 Å². The van der Waals surface area contributed by atoms with Crippen LogP contribution in [0.25, 0.3) is 0 Å². The third-order valence-electron chi connectivity index (χ3n) is 4.05. The molecule has 0 fully saturated rings. The average molecular weight is 234 g/mol. The van der Waals surface area contributed by atoms with E-state index in [4.69, 9.17) is 11.5 Å². The third kappa shape index (κ3) is 3.55. The fourth-order valence-electron chi connectivity index (χ4n) is 2.29. The van der Waals surface area contributed by atoms with Crippen LogP contribution in [0, 0.1) is 11.8 Å². The smallest absolute Gasteiger partial charge is 0.00340 e. The summed E-state index contributed by atoms with van der Waals surface area (Å²) >= 11 is 0. The Morgan fingerprint density at radius 2 is 1.53 bits per heavy atom. The molecule has 2 nitrogen and oxygen atoms in total. The molecule has 2 unspecified atom stereocenters. The molecule has 0 aliphatic heterocycles. The van der Waals surface area contributed by atoms with Crippen LogP contribution in [0.5, 0.6) is 0 Å². The maximum absolute atomic E-state index is 5.77. The number of aryl methyl sites for hydroxylation is 1. The molecule has 0 amide bonds. The minimum absolute atomic E-state index is 0.413. The molecular formula is C15H26N2. The van der Waals surface area contributed by atoms with Gasteiger partial charge in [0.25, 0.3) is 0 Å². The maximum Gasteiger partial charge on any atom is -0.00340 e. The highest BCUT2D eigenvalue weighted by molar-refractivity contribution is 5.25. The van der Waals surface area contributed by atoms with Crippen LogP contribution in [-0.4, -0.2) is 13.1 Å². The number of hydrogen-bond acceptors (Lipinski definition) is 2. The molecule has 1 aromatic carbocycles. The van der Waals surface area contributed by atoms with Crippen molar-refractivity contribution in [3.63, 3.8) is 0 Å². The van der Waals surface area contributed by atoms with Crippen LogP contribution in [0.4, 0.5) is 0 Å². The normalized spacial score (nSPS) is 14.9. The zero-order valence-electron chi connectivity index (χ0n) is 11.3. The number of benzene rings is 1. The van der Waals surface area contributed by atoms with Crippen molar-refractivity contribution in [1.82, 2.24) is 0 Å². The molecule has 0 radical (unpaired) electrons. The Labute approximate surface area is 105 Å². The molecule has 0 bridgehead atoms. The van der Waals surface area contributed by atoms with Crippen LogP contribution in [0.3, 0.4) is 0 Å². The van der Waals surface area contributed by atoms with Gasteiger partial charge in [-0.25, -0.2) is 0 Å². The summed E-state index contributed by atoms with van der Waals surface area (Å²) in [5.41, 5.74) is 14.3. The summed E-state index contributed by atoms with van der Waals surface area (Å²) in [6.45, 7) is 8.05. The van der Waals surface area contributed by atoms with Gasteiger partial charge >= 0.3 is 0 Å². The van der Waals surface area contributed by atoms with E-state index in [-0.39, 0.29) is 0 Å². The van der Waals surface area contributed by atoms with Crippen molar-refractivity contribution in [2.45, 2.75) is 33.1 Å². The molecular weight excluding hydrogens is 208 g/mol. The van der Waals surface area contributed by atoms with Gasteiger partial charge in [0.2, 0.25) is 0 Å². The summed E-state index contributed by atoms with van der Waals surface area (Å²) in [6.07, 6.45) is 1.10. The molecule has 0 heterocycles. The predicted octanol–water partition coefficient (Wildman–Crippen LogP) is 2.52. The molecule has 0 aromatic heterocycles. The summed E-state index contributed by atoms with van der Waals surface area (Å²) in [5, 5.41) is 0. The van der Waals surface area contributed by atoms with Crippen LogP contribution in [-0.2, 0) is 6.42 Å². The van der Waals surface area contributed by atoms with E-state index in [0.717, 1.165) is 6.42 Å². The van der Waals surface area contributed by atoms with Gasteiger partial charge in [-0.3, -0.25) is 0 Å². The highest BCUT2D eigenvalue weighted by Crippen LogP contribution is 2.29. The monoisotopic (exact) mass is 234 g/mol. The lowest BCUT2D eigenvalue weighted by Crippen LogP contribution is -2.31. The SMILES string of the molecule is CCc1ccc(C(C)C(C)C(CN)CN)cc1. The first-order chi connectivity index (χ1) is 8.13. The quantitative estimate of drug-likeness (QED) is 0.794. The molecule has 0 saturated carbocycles. The molecule has 0 aliphatic rings. The van der Waals surface area contributed by atoms with Gasteiger partial charge in [-0.2, -0.15) is 0 Å². The highest BCUT2D eigenvalue weighted by atomic mass is 14.6. The Balaban J connectivity index is 2.76. The summed E-state index contributed by atoms with van der Waals surface area (Å²) in [6, 6.07) is 8.92. The van der Waals surface area contributed by atoms with Gasteiger partial charge in [-0.15, -0.1) is 0 Å². The molecule has 1 rings (SSSR count). The lowest BCUT2D eigenvalue weighted by atomic mass is 9.80. The highest BCUT2D eigenvalue weighted by Gasteiger charge is 2.21. The first-order valence-electron chi connectivity index (χ1n) is 6.63. The van der Waals surface area contributed by atoms with Gasteiger partial charge in [0.15, 0.2) is 0 Å². The van der Waals surface area contributed by atoms with E-state index in [1.165, 1.54) is 11.1 Å². The maximum atomic E-state index is 5.77. The molecule has 0 spiro atoms. The first kappa shape index (κ1) is 14.2. The Morgan fingerprint density at radius 3 is 1.94 bits per heavy atom. The second-order valence-electron chi connectivity index (χ2n) is 4.97. The van der Waals surface area contributed by atoms with Gasteiger partial charge in [-0.1, -0.05) is 45.0 Å². The van der Waals surface area contributed by atoms with E-state index in [1.54, 1.807) is 0 Å². The zero-order valence-corrected chi connectivity index (χ0v) is 11.3. The molecule has 17 heavy (non-hydrogen) atoms. The van der Waals surface area contributed by atoms with Crippen molar-refractivity contribution >= 4 is 0 Å². The minimum Gasteiger partial charge on any atom is -0.330 e. The first-order valence-corrected chi connectivity index (χ1v) is 6.63. The van der Waals surface area contributed by atoms with Crippen molar-refractivity contribution in [3.8, 4) is 0 Å². The fourth-order valence-corrected chi connectivity index (χ4v) is 2.29. The average Bonchev–Trinajstić information content (AvgIpc) is 2.39. The topological polar surface area (TPSA) is 52.0 Å². The van der Waals surface area contributed by atoms with Crippen molar-refractivity contribution in [2.75, 3.05) is 13.1 Å². The van der Waals surface area contributed by atoms with Crippen LogP contribution in [0.15, 0.2) is 24.3 Å². The van der Waals surface area contributed by atoms with Gasteiger partial charge in [0.1, 0.15) is 0 Å². The number of hydrogen-bond donors (Lipinski definition) is 2. The van der Waals surface area contributed by atoms with Crippen LogP contribution >= 0.6 is 0 Å². The van der Waals surface area contributed by atoms with Crippen LogP contribution in [0.1, 0.15) is 37.8 Å².